The van der Waals surface area contributed by atoms with Crippen molar-refractivity contribution in [2.24, 2.45) is 5.14 Å². The molecule has 6 nitrogen and oxygen atoms in total. The molecule has 156 valence electrons. The zero-order valence-corrected chi connectivity index (χ0v) is 17.3. The van der Waals surface area contributed by atoms with Crippen molar-refractivity contribution in [3.05, 3.63) is 64.4 Å². The number of nitrogens with two attached hydrogens (primary N) is 1. The number of hydrogen-bond acceptors (Lipinski definition) is 4. The molecule has 0 unspecified atom stereocenters. The highest BCUT2D eigenvalue weighted by molar-refractivity contribution is 7.89. The number of rotatable bonds is 9. The van der Waals surface area contributed by atoms with Crippen molar-refractivity contribution in [3.63, 3.8) is 0 Å². The molecule has 1 aliphatic rings. The van der Waals surface area contributed by atoms with Gasteiger partial charge in [-0.05, 0) is 49.1 Å². The molecule has 0 spiro atoms. The Morgan fingerprint density at radius 3 is 2.48 bits per heavy atom. The fraction of sp³-hybridized carbons (Fsp3) is 0.350. The van der Waals surface area contributed by atoms with Crippen molar-refractivity contribution >= 4 is 27.5 Å². The molecule has 3 rings (SSSR count). The molecular formula is C20H23ClFN3O3S. The summed E-state index contributed by atoms with van der Waals surface area (Å²) in [6, 6.07) is 11.1. The van der Waals surface area contributed by atoms with Crippen LogP contribution in [-0.4, -0.2) is 38.4 Å². The molecule has 0 radical (unpaired) electrons. The van der Waals surface area contributed by atoms with Crippen molar-refractivity contribution in [2.75, 3.05) is 13.1 Å². The van der Waals surface area contributed by atoms with Crippen LogP contribution in [0.15, 0.2) is 47.4 Å². The van der Waals surface area contributed by atoms with E-state index in [0.29, 0.717) is 30.1 Å². The number of nitrogens with one attached hydrogen (secondary N) is 1. The minimum atomic E-state index is -3.71. The molecule has 2 aromatic rings. The Bertz CT molecular complexity index is 959. The quantitative estimate of drug-likeness (QED) is 0.627. The molecule has 29 heavy (non-hydrogen) atoms. The number of hydrogen-bond donors (Lipinski definition) is 2. The lowest BCUT2D eigenvalue weighted by Crippen LogP contribution is -2.39. The molecule has 2 aromatic carbocycles. The summed E-state index contributed by atoms with van der Waals surface area (Å²) in [6.45, 7) is 0.866. The first kappa shape index (κ1) is 21.7. The second kappa shape index (κ2) is 9.21. The molecule has 1 fully saturated rings. The van der Waals surface area contributed by atoms with Gasteiger partial charge in [0.25, 0.3) is 0 Å². The molecule has 0 saturated heterocycles. The van der Waals surface area contributed by atoms with E-state index in [9.17, 15) is 17.6 Å². The normalized spacial score (nSPS) is 14.2. The summed E-state index contributed by atoms with van der Waals surface area (Å²) in [5, 5.41) is 8.29. The van der Waals surface area contributed by atoms with Crippen LogP contribution in [0, 0.1) is 5.82 Å². The highest BCUT2D eigenvalue weighted by atomic mass is 35.5. The average molecular weight is 440 g/mol. The maximum absolute atomic E-state index is 14.1. The standard InChI is InChI=1S/C20H23ClFN3O3S/c21-18-2-1-3-19(22)17(18)12-25(15-6-7-15)13-20(26)24-11-10-14-4-8-16(9-5-14)29(23,27)28/h1-5,8-9,15H,6-7,10-13H2,(H,24,26)(H2,23,27,28). The van der Waals surface area contributed by atoms with E-state index in [4.69, 9.17) is 16.7 Å². The van der Waals surface area contributed by atoms with Gasteiger partial charge >= 0.3 is 0 Å². The van der Waals surface area contributed by atoms with Gasteiger partial charge in [0.05, 0.1) is 11.4 Å². The molecule has 9 heteroatoms. The second-order valence-corrected chi connectivity index (χ2v) is 9.09. The first-order valence-electron chi connectivity index (χ1n) is 9.29. The number of halogens is 2. The van der Waals surface area contributed by atoms with E-state index in [1.54, 1.807) is 24.3 Å². The molecule has 0 bridgehead atoms. The van der Waals surface area contributed by atoms with Crippen molar-refractivity contribution < 1.29 is 17.6 Å². The van der Waals surface area contributed by atoms with E-state index in [-0.39, 0.29) is 29.2 Å². The molecular weight excluding hydrogens is 417 g/mol. The van der Waals surface area contributed by atoms with E-state index < -0.39 is 10.0 Å². The molecule has 1 saturated carbocycles. The lowest BCUT2D eigenvalue weighted by atomic mass is 10.1. The zero-order chi connectivity index (χ0) is 21.0. The van der Waals surface area contributed by atoms with Gasteiger partial charge in [-0.1, -0.05) is 29.8 Å². The molecule has 0 atom stereocenters. The smallest absolute Gasteiger partial charge is 0.238 e. The van der Waals surface area contributed by atoms with Gasteiger partial charge in [0.15, 0.2) is 0 Å². The van der Waals surface area contributed by atoms with Gasteiger partial charge in [0.2, 0.25) is 15.9 Å². The number of nitrogens with zero attached hydrogens (tertiary/aromatic N) is 1. The van der Waals surface area contributed by atoms with Gasteiger partial charge < -0.3 is 5.32 Å². The number of sulfonamides is 1. The third-order valence-electron chi connectivity index (χ3n) is 4.82. The Kier molecular flexibility index (Phi) is 6.89. The Morgan fingerprint density at radius 1 is 1.21 bits per heavy atom. The van der Waals surface area contributed by atoms with Crippen LogP contribution in [0.3, 0.4) is 0 Å². The van der Waals surface area contributed by atoms with Crippen molar-refractivity contribution in [2.45, 2.75) is 36.7 Å². The molecule has 0 aromatic heterocycles. The minimum Gasteiger partial charge on any atom is -0.355 e. The maximum Gasteiger partial charge on any atom is 0.238 e. The largest absolute Gasteiger partial charge is 0.355 e. The summed E-state index contributed by atoms with van der Waals surface area (Å²) in [5.74, 6) is -0.517. The topological polar surface area (TPSA) is 92.5 Å². The van der Waals surface area contributed by atoms with Crippen LogP contribution in [0.4, 0.5) is 4.39 Å². The van der Waals surface area contributed by atoms with Crippen molar-refractivity contribution in [3.8, 4) is 0 Å². The first-order chi connectivity index (χ1) is 13.7. The Labute approximate surface area is 174 Å². The number of carbonyl (C=O) groups excluding carboxylic acids is 1. The first-order valence-corrected chi connectivity index (χ1v) is 11.2. The molecule has 3 N–H and O–H groups in total. The maximum atomic E-state index is 14.1. The highest BCUT2D eigenvalue weighted by Gasteiger charge is 2.31. The number of benzene rings is 2. The number of primary sulfonamides is 1. The predicted octanol–water partition coefficient (Wildman–Crippen LogP) is 2.45. The SMILES string of the molecule is NS(=O)(=O)c1ccc(CCNC(=O)CN(Cc2c(F)cccc2Cl)C2CC2)cc1. The van der Waals surface area contributed by atoms with Gasteiger partial charge in [0.1, 0.15) is 5.82 Å². The molecule has 0 aliphatic heterocycles. The van der Waals surface area contributed by atoms with Crippen LogP contribution in [0.25, 0.3) is 0 Å². The summed E-state index contributed by atoms with van der Waals surface area (Å²) in [6.07, 6.45) is 2.52. The van der Waals surface area contributed by atoms with Crippen LogP contribution in [-0.2, 0) is 27.8 Å². The lowest BCUT2D eigenvalue weighted by Gasteiger charge is -2.22. The van der Waals surface area contributed by atoms with E-state index in [2.05, 4.69) is 5.32 Å². The highest BCUT2D eigenvalue weighted by Crippen LogP contribution is 2.30. The summed E-state index contributed by atoms with van der Waals surface area (Å²) in [5.41, 5.74) is 1.29. The van der Waals surface area contributed by atoms with E-state index in [1.165, 1.54) is 18.2 Å². The van der Waals surface area contributed by atoms with Gasteiger partial charge in [-0.25, -0.2) is 17.9 Å². The van der Waals surface area contributed by atoms with Gasteiger partial charge in [-0.3, -0.25) is 9.69 Å². The third kappa shape index (κ3) is 6.24. The zero-order valence-electron chi connectivity index (χ0n) is 15.8. The van der Waals surface area contributed by atoms with E-state index in [0.717, 1.165) is 18.4 Å². The van der Waals surface area contributed by atoms with E-state index >= 15 is 0 Å². The number of carbonyl (C=O) groups is 1. The molecule has 1 aliphatic carbocycles. The fourth-order valence-corrected chi connectivity index (χ4v) is 3.81. The van der Waals surface area contributed by atoms with Crippen LogP contribution in [0.2, 0.25) is 5.02 Å². The summed E-state index contributed by atoms with van der Waals surface area (Å²) in [7, 11) is -3.71. The Balaban J connectivity index is 1.51. The third-order valence-corrected chi connectivity index (χ3v) is 6.10. The van der Waals surface area contributed by atoms with Crippen LogP contribution < -0.4 is 10.5 Å². The Morgan fingerprint density at radius 2 is 1.90 bits per heavy atom. The van der Waals surface area contributed by atoms with E-state index in [1.807, 2.05) is 4.90 Å². The summed E-state index contributed by atoms with van der Waals surface area (Å²) < 4.78 is 36.6. The average Bonchev–Trinajstić information content (AvgIpc) is 3.49. The Hall–Kier alpha value is -2.00. The molecule has 1 amide bonds. The van der Waals surface area contributed by atoms with Gasteiger partial charge in [0, 0.05) is 29.7 Å². The monoisotopic (exact) mass is 439 g/mol. The van der Waals surface area contributed by atoms with Crippen LogP contribution >= 0.6 is 11.6 Å². The van der Waals surface area contributed by atoms with Gasteiger partial charge in [-0.15, -0.1) is 0 Å². The fourth-order valence-electron chi connectivity index (χ4n) is 3.07. The van der Waals surface area contributed by atoms with Gasteiger partial charge in [-0.2, -0.15) is 0 Å². The van der Waals surface area contributed by atoms with Crippen LogP contribution in [0.5, 0.6) is 0 Å². The van der Waals surface area contributed by atoms with Crippen molar-refractivity contribution in [1.82, 2.24) is 10.2 Å². The second-order valence-electron chi connectivity index (χ2n) is 7.13. The minimum absolute atomic E-state index is 0.0529. The predicted molar refractivity (Wildman–Crippen MR) is 109 cm³/mol. The molecule has 0 heterocycles. The lowest BCUT2D eigenvalue weighted by molar-refractivity contribution is -0.122. The summed E-state index contributed by atoms with van der Waals surface area (Å²) in [4.78, 5) is 14.3. The van der Waals surface area contributed by atoms with Crippen molar-refractivity contribution in [1.29, 1.82) is 0 Å². The van der Waals surface area contributed by atoms with Crippen LogP contribution in [0.1, 0.15) is 24.0 Å². The number of amides is 1. The summed E-state index contributed by atoms with van der Waals surface area (Å²) >= 11 is 6.11.